The van der Waals surface area contributed by atoms with Gasteiger partial charge in [-0.15, -0.1) is 0 Å². The average molecular weight is 421 g/mol. The van der Waals surface area contributed by atoms with Gasteiger partial charge in [0.1, 0.15) is 11.1 Å². The van der Waals surface area contributed by atoms with E-state index in [9.17, 15) is 21.6 Å². The van der Waals surface area contributed by atoms with Crippen molar-refractivity contribution in [3.05, 3.63) is 53.2 Å². The quantitative estimate of drug-likeness (QED) is 0.750. The van der Waals surface area contributed by atoms with E-state index in [1.807, 2.05) is 0 Å². The van der Waals surface area contributed by atoms with E-state index in [1.165, 1.54) is 4.31 Å². The first-order chi connectivity index (χ1) is 12.7. The summed E-state index contributed by atoms with van der Waals surface area (Å²) >= 11 is 6.00. The summed E-state index contributed by atoms with van der Waals surface area (Å²) in [5, 5.41) is 0.373. The lowest BCUT2D eigenvalue weighted by atomic mass is 10.1. The highest BCUT2D eigenvalue weighted by molar-refractivity contribution is 7.89. The van der Waals surface area contributed by atoms with Gasteiger partial charge in [0.25, 0.3) is 0 Å². The third-order valence-corrected chi connectivity index (χ3v) is 6.42. The summed E-state index contributed by atoms with van der Waals surface area (Å²) in [5.74, 6) is 0.295. The minimum Gasteiger partial charge on any atom is -0.473 e. The molecule has 0 aliphatic carbocycles. The van der Waals surface area contributed by atoms with E-state index >= 15 is 0 Å². The van der Waals surface area contributed by atoms with Crippen molar-refractivity contribution < 1.29 is 26.3 Å². The molecule has 0 bridgehead atoms. The van der Waals surface area contributed by atoms with Crippen LogP contribution in [0.3, 0.4) is 0 Å². The van der Waals surface area contributed by atoms with Gasteiger partial charge in [-0.2, -0.15) is 17.5 Å². The maximum atomic E-state index is 12.6. The van der Waals surface area contributed by atoms with Crippen molar-refractivity contribution in [2.24, 2.45) is 0 Å². The van der Waals surface area contributed by atoms with Crippen molar-refractivity contribution in [3.63, 3.8) is 0 Å². The highest BCUT2D eigenvalue weighted by Gasteiger charge is 2.33. The van der Waals surface area contributed by atoms with Crippen LogP contribution < -0.4 is 4.74 Å². The van der Waals surface area contributed by atoms with Crippen molar-refractivity contribution in [1.29, 1.82) is 0 Å². The largest absolute Gasteiger partial charge is 0.473 e. The Morgan fingerprint density at radius 1 is 1.11 bits per heavy atom. The lowest BCUT2D eigenvalue weighted by Crippen LogP contribution is -2.41. The predicted octanol–water partition coefficient (Wildman–Crippen LogP) is 3.99. The minimum atomic E-state index is -4.51. The van der Waals surface area contributed by atoms with E-state index in [0.29, 0.717) is 23.7 Å². The van der Waals surface area contributed by atoms with Crippen molar-refractivity contribution in [3.8, 4) is 5.88 Å². The molecule has 0 saturated carbocycles. The molecule has 2 aromatic rings. The molecule has 27 heavy (non-hydrogen) atoms. The molecule has 1 fully saturated rings. The van der Waals surface area contributed by atoms with E-state index < -0.39 is 21.8 Å². The number of hydrogen-bond acceptors (Lipinski definition) is 4. The van der Waals surface area contributed by atoms with Crippen molar-refractivity contribution in [2.75, 3.05) is 13.1 Å². The van der Waals surface area contributed by atoms with Crippen LogP contribution in [0.5, 0.6) is 5.88 Å². The van der Waals surface area contributed by atoms with E-state index in [0.717, 1.165) is 24.3 Å². The van der Waals surface area contributed by atoms with Gasteiger partial charge >= 0.3 is 6.18 Å². The maximum Gasteiger partial charge on any atom is 0.416 e. The Kier molecular flexibility index (Phi) is 5.64. The fourth-order valence-corrected chi connectivity index (χ4v) is 4.41. The molecule has 0 spiro atoms. The zero-order valence-electron chi connectivity index (χ0n) is 14.0. The van der Waals surface area contributed by atoms with Crippen LogP contribution in [-0.2, 0) is 16.2 Å². The van der Waals surface area contributed by atoms with E-state index in [4.69, 9.17) is 16.3 Å². The van der Waals surface area contributed by atoms with Gasteiger partial charge in [0, 0.05) is 19.3 Å². The fourth-order valence-electron chi connectivity index (χ4n) is 2.77. The molecule has 2 heterocycles. The predicted molar refractivity (Wildman–Crippen MR) is 93.1 cm³/mol. The summed E-state index contributed by atoms with van der Waals surface area (Å²) < 4.78 is 70.1. The van der Waals surface area contributed by atoms with Crippen LogP contribution in [0.25, 0.3) is 0 Å². The number of ether oxygens (including phenoxy) is 1. The molecule has 0 unspecified atom stereocenters. The lowest BCUT2D eigenvalue weighted by molar-refractivity contribution is -0.137. The lowest BCUT2D eigenvalue weighted by Gasteiger charge is -2.31. The van der Waals surface area contributed by atoms with Gasteiger partial charge in [0.15, 0.2) is 0 Å². The standard InChI is InChI=1S/C17H16ClF3N2O3S/c18-15-2-1-9-22-16(15)26-13-7-10-23(11-8-13)27(24,25)14-5-3-12(4-6-14)17(19,20)21/h1-6,9,13H,7-8,10-11H2. The molecule has 0 amide bonds. The molecule has 0 atom stereocenters. The molecule has 1 saturated heterocycles. The van der Waals surface area contributed by atoms with Gasteiger partial charge in [-0.3, -0.25) is 0 Å². The highest BCUT2D eigenvalue weighted by atomic mass is 35.5. The smallest absolute Gasteiger partial charge is 0.416 e. The fraction of sp³-hybridized carbons (Fsp3) is 0.353. The van der Waals surface area contributed by atoms with Crippen molar-refractivity contribution in [1.82, 2.24) is 9.29 Å². The summed E-state index contributed by atoms with van der Waals surface area (Å²) in [6, 6.07) is 6.82. The number of aromatic nitrogens is 1. The monoisotopic (exact) mass is 420 g/mol. The Balaban J connectivity index is 1.65. The second-order valence-corrected chi connectivity index (χ2v) is 8.38. The zero-order chi connectivity index (χ0) is 19.7. The van der Waals surface area contributed by atoms with Gasteiger partial charge in [-0.1, -0.05) is 11.6 Å². The maximum absolute atomic E-state index is 12.6. The molecule has 1 aromatic heterocycles. The summed E-state index contributed by atoms with van der Waals surface area (Å²) in [5.41, 5.74) is -0.888. The number of hydrogen-bond donors (Lipinski definition) is 0. The van der Waals surface area contributed by atoms with Gasteiger partial charge < -0.3 is 4.74 Å². The molecule has 0 N–H and O–H groups in total. The van der Waals surface area contributed by atoms with Gasteiger partial charge in [0.05, 0.1) is 10.5 Å². The van der Waals surface area contributed by atoms with E-state index in [1.54, 1.807) is 18.3 Å². The summed E-state index contributed by atoms with van der Waals surface area (Å²) in [6.45, 7) is 0.386. The Labute approximate surface area is 159 Å². The second-order valence-electron chi connectivity index (χ2n) is 6.03. The first kappa shape index (κ1) is 19.9. The van der Waals surface area contributed by atoms with Crippen LogP contribution in [0, 0.1) is 0 Å². The normalized spacial score (nSPS) is 17.0. The van der Waals surface area contributed by atoms with Gasteiger partial charge in [-0.25, -0.2) is 13.4 Å². The summed E-state index contributed by atoms with van der Waals surface area (Å²) in [6.07, 6.45) is -2.35. The molecule has 5 nitrogen and oxygen atoms in total. The SMILES string of the molecule is O=S(=O)(c1ccc(C(F)(F)F)cc1)N1CCC(Oc2ncccc2Cl)CC1. The van der Waals surface area contributed by atoms with Crippen LogP contribution in [-0.4, -0.2) is 36.9 Å². The molecule has 146 valence electrons. The molecular formula is C17H16ClF3N2O3S. The Morgan fingerprint density at radius 3 is 2.30 bits per heavy atom. The second kappa shape index (κ2) is 7.65. The molecule has 10 heteroatoms. The minimum absolute atomic E-state index is 0.164. The number of rotatable bonds is 4. The Bertz CT molecular complexity index is 896. The highest BCUT2D eigenvalue weighted by Crippen LogP contribution is 2.31. The van der Waals surface area contributed by atoms with Crippen LogP contribution in [0.4, 0.5) is 13.2 Å². The number of piperidine rings is 1. The van der Waals surface area contributed by atoms with E-state index in [-0.39, 0.29) is 24.1 Å². The number of nitrogens with zero attached hydrogens (tertiary/aromatic N) is 2. The molecule has 0 radical (unpaired) electrons. The molecule has 1 aromatic carbocycles. The van der Waals surface area contributed by atoms with Crippen LogP contribution in [0.1, 0.15) is 18.4 Å². The van der Waals surface area contributed by atoms with Crippen LogP contribution in [0.2, 0.25) is 5.02 Å². The van der Waals surface area contributed by atoms with E-state index in [2.05, 4.69) is 4.98 Å². The number of benzene rings is 1. The van der Waals surface area contributed by atoms with Crippen LogP contribution >= 0.6 is 11.6 Å². The topological polar surface area (TPSA) is 59.5 Å². The Hall–Kier alpha value is -1.84. The number of sulfonamides is 1. The molecule has 1 aliphatic heterocycles. The molecular weight excluding hydrogens is 405 g/mol. The average Bonchev–Trinajstić information content (AvgIpc) is 2.63. The summed E-state index contributed by atoms with van der Waals surface area (Å²) in [7, 11) is -3.86. The number of pyridine rings is 1. The Morgan fingerprint density at radius 2 is 1.74 bits per heavy atom. The number of halogens is 4. The van der Waals surface area contributed by atoms with Gasteiger partial charge in [-0.05, 0) is 49.2 Å². The molecule has 1 aliphatic rings. The van der Waals surface area contributed by atoms with Crippen LogP contribution in [0.15, 0.2) is 47.5 Å². The first-order valence-corrected chi connectivity index (χ1v) is 9.94. The third-order valence-electron chi connectivity index (χ3n) is 4.22. The zero-order valence-corrected chi connectivity index (χ0v) is 15.6. The first-order valence-electron chi connectivity index (χ1n) is 8.12. The van der Waals surface area contributed by atoms with Crippen molar-refractivity contribution in [2.45, 2.75) is 30.0 Å². The van der Waals surface area contributed by atoms with Gasteiger partial charge in [0.2, 0.25) is 15.9 Å². The summed E-state index contributed by atoms with van der Waals surface area (Å²) in [4.78, 5) is 3.87. The molecule has 3 rings (SSSR count). The third kappa shape index (κ3) is 4.53. The number of alkyl halides is 3. The van der Waals surface area contributed by atoms with Crippen molar-refractivity contribution >= 4 is 21.6 Å².